The third kappa shape index (κ3) is 5.26. The average molecular weight is 446 g/mol. The van der Waals surface area contributed by atoms with Crippen molar-refractivity contribution in [1.82, 2.24) is 10.2 Å². The second kappa shape index (κ2) is 9.14. The van der Waals surface area contributed by atoms with Crippen molar-refractivity contribution in [3.63, 3.8) is 0 Å². The van der Waals surface area contributed by atoms with Gasteiger partial charge in [0.05, 0.1) is 5.56 Å². The van der Waals surface area contributed by atoms with Gasteiger partial charge in [0.1, 0.15) is 0 Å². The molecule has 1 amide bonds. The summed E-state index contributed by atoms with van der Waals surface area (Å²) in [7, 11) is 0. The van der Waals surface area contributed by atoms with Crippen LogP contribution >= 0.6 is 0 Å². The quantitative estimate of drug-likeness (QED) is 0.711. The molecule has 0 radical (unpaired) electrons. The maximum absolute atomic E-state index is 13.0. The SMILES string of the molecule is Cc1cccc(C)c1C(=O)NC[C@@H]1C[C@@H]1CN1CCN(c2cccc(C(F)(F)F)c2)CC1. The van der Waals surface area contributed by atoms with Crippen LogP contribution in [0.15, 0.2) is 42.5 Å². The van der Waals surface area contributed by atoms with Crippen molar-refractivity contribution in [2.75, 3.05) is 44.2 Å². The second-order valence-electron chi connectivity index (χ2n) is 9.07. The van der Waals surface area contributed by atoms with Crippen molar-refractivity contribution in [3.8, 4) is 0 Å². The van der Waals surface area contributed by atoms with Gasteiger partial charge in [-0.05, 0) is 61.4 Å². The van der Waals surface area contributed by atoms with E-state index >= 15 is 0 Å². The van der Waals surface area contributed by atoms with Gasteiger partial charge < -0.3 is 10.2 Å². The largest absolute Gasteiger partial charge is 0.416 e. The number of nitrogens with zero attached hydrogens (tertiary/aromatic N) is 2. The van der Waals surface area contributed by atoms with Gasteiger partial charge >= 0.3 is 6.18 Å². The summed E-state index contributed by atoms with van der Waals surface area (Å²) >= 11 is 0. The molecular weight excluding hydrogens is 415 g/mol. The third-order valence-corrected chi connectivity index (χ3v) is 6.71. The van der Waals surface area contributed by atoms with Gasteiger partial charge in [-0.25, -0.2) is 0 Å². The molecule has 1 aliphatic heterocycles. The fraction of sp³-hybridized carbons (Fsp3) is 0.480. The minimum Gasteiger partial charge on any atom is -0.369 e. The molecule has 2 aliphatic rings. The standard InChI is InChI=1S/C25H30F3N3O/c1-17-5-3-6-18(2)23(17)24(32)29-15-19-13-20(19)16-30-9-11-31(12-10-30)22-8-4-7-21(14-22)25(26,27)28/h3-8,14,19-20H,9-13,15-16H2,1-2H3,(H,29,32)/t19-,20+/m0/s1. The summed E-state index contributed by atoms with van der Waals surface area (Å²) in [5.41, 5.74) is 2.80. The van der Waals surface area contributed by atoms with Crippen LogP contribution in [0.2, 0.25) is 0 Å². The molecule has 0 aromatic heterocycles. The summed E-state index contributed by atoms with van der Waals surface area (Å²) in [6, 6.07) is 11.5. The topological polar surface area (TPSA) is 35.6 Å². The molecule has 2 aromatic carbocycles. The lowest BCUT2D eigenvalue weighted by Crippen LogP contribution is -2.47. The Bertz CT molecular complexity index is 947. The Morgan fingerprint density at radius 3 is 2.31 bits per heavy atom. The fourth-order valence-electron chi connectivity index (χ4n) is 4.67. The highest BCUT2D eigenvalue weighted by Crippen LogP contribution is 2.39. The number of aryl methyl sites for hydroxylation is 2. The summed E-state index contributed by atoms with van der Waals surface area (Å²) < 4.78 is 38.9. The monoisotopic (exact) mass is 445 g/mol. The van der Waals surface area contributed by atoms with Crippen LogP contribution < -0.4 is 10.2 Å². The molecule has 172 valence electrons. The van der Waals surface area contributed by atoms with Crippen molar-refractivity contribution in [3.05, 3.63) is 64.7 Å². The van der Waals surface area contributed by atoms with Crippen LogP contribution in [-0.2, 0) is 6.18 Å². The number of amides is 1. The number of alkyl halides is 3. The molecule has 32 heavy (non-hydrogen) atoms. The van der Waals surface area contributed by atoms with Crippen LogP contribution in [-0.4, -0.2) is 50.1 Å². The summed E-state index contributed by atoms with van der Waals surface area (Å²) in [5.74, 6) is 1.08. The molecule has 0 bridgehead atoms. The molecule has 1 aliphatic carbocycles. The molecular formula is C25H30F3N3O. The normalized spacial score (nSPS) is 21.5. The number of hydrogen-bond donors (Lipinski definition) is 1. The Morgan fingerprint density at radius 1 is 1.00 bits per heavy atom. The lowest BCUT2D eigenvalue weighted by molar-refractivity contribution is -0.137. The van der Waals surface area contributed by atoms with E-state index in [1.54, 1.807) is 6.07 Å². The number of benzene rings is 2. The molecule has 0 unspecified atom stereocenters. The van der Waals surface area contributed by atoms with Crippen molar-refractivity contribution < 1.29 is 18.0 Å². The van der Waals surface area contributed by atoms with Crippen LogP contribution in [0.1, 0.15) is 33.5 Å². The molecule has 1 saturated carbocycles. The van der Waals surface area contributed by atoms with E-state index < -0.39 is 11.7 Å². The van der Waals surface area contributed by atoms with Gasteiger partial charge in [-0.2, -0.15) is 13.2 Å². The Labute approximate surface area is 187 Å². The number of carbonyl (C=O) groups is 1. The van der Waals surface area contributed by atoms with E-state index in [9.17, 15) is 18.0 Å². The van der Waals surface area contributed by atoms with Crippen LogP contribution in [0.25, 0.3) is 0 Å². The minimum absolute atomic E-state index is 0.000881. The zero-order chi connectivity index (χ0) is 22.9. The Kier molecular flexibility index (Phi) is 6.47. The first kappa shape index (κ1) is 22.6. The summed E-state index contributed by atoms with van der Waals surface area (Å²) in [6.07, 6.45) is -3.20. The number of nitrogens with one attached hydrogen (secondary N) is 1. The van der Waals surface area contributed by atoms with E-state index in [1.807, 2.05) is 36.9 Å². The Morgan fingerprint density at radius 2 is 1.66 bits per heavy atom. The summed E-state index contributed by atoms with van der Waals surface area (Å²) in [4.78, 5) is 17.0. The average Bonchev–Trinajstić information content (AvgIpc) is 3.50. The Hall–Kier alpha value is -2.54. The van der Waals surface area contributed by atoms with Crippen LogP contribution in [0, 0.1) is 25.7 Å². The van der Waals surface area contributed by atoms with E-state index in [0.717, 1.165) is 61.9 Å². The highest BCUT2D eigenvalue weighted by molar-refractivity contribution is 5.97. The molecule has 4 rings (SSSR count). The molecule has 1 saturated heterocycles. The van der Waals surface area contributed by atoms with Gasteiger partial charge in [-0.15, -0.1) is 0 Å². The molecule has 2 fully saturated rings. The summed E-state index contributed by atoms with van der Waals surface area (Å²) in [6.45, 7) is 8.73. The predicted octanol–water partition coefficient (Wildman–Crippen LogP) is 4.51. The van der Waals surface area contributed by atoms with Crippen molar-refractivity contribution in [2.24, 2.45) is 11.8 Å². The molecule has 2 aromatic rings. The summed E-state index contributed by atoms with van der Waals surface area (Å²) in [5, 5.41) is 3.10. The molecule has 1 N–H and O–H groups in total. The smallest absolute Gasteiger partial charge is 0.369 e. The van der Waals surface area contributed by atoms with E-state index in [4.69, 9.17) is 0 Å². The van der Waals surface area contributed by atoms with Gasteiger partial charge in [-0.3, -0.25) is 9.69 Å². The highest BCUT2D eigenvalue weighted by Gasteiger charge is 2.38. The number of halogens is 3. The van der Waals surface area contributed by atoms with Crippen molar-refractivity contribution in [2.45, 2.75) is 26.4 Å². The van der Waals surface area contributed by atoms with Gasteiger partial charge in [0.25, 0.3) is 5.91 Å². The van der Waals surface area contributed by atoms with E-state index in [2.05, 4.69) is 10.2 Å². The van der Waals surface area contributed by atoms with Gasteiger partial charge in [0, 0.05) is 50.5 Å². The second-order valence-corrected chi connectivity index (χ2v) is 9.07. The Balaban J connectivity index is 1.21. The third-order valence-electron chi connectivity index (χ3n) is 6.71. The van der Waals surface area contributed by atoms with Crippen LogP contribution in [0.5, 0.6) is 0 Å². The first-order valence-electron chi connectivity index (χ1n) is 11.2. The number of piperazine rings is 1. The van der Waals surface area contributed by atoms with E-state index in [1.165, 1.54) is 12.1 Å². The first-order chi connectivity index (χ1) is 15.2. The molecule has 0 spiro atoms. The fourth-order valence-corrected chi connectivity index (χ4v) is 4.67. The maximum atomic E-state index is 13.0. The maximum Gasteiger partial charge on any atom is 0.416 e. The van der Waals surface area contributed by atoms with Gasteiger partial charge in [0.2, 0.25) is 0 Å². The lowest BCUT2D eigenvalue weighted by atomic mass is 10.0. The van der Waals surface area contributed by atoms with Crippen molar-refractivity contribution in [1.29, 1.82) is 0 Å². The zero-order valence-electron chi connectivity index (χ0n) is 18.6. The zero-order valence-corrected chi connectivity index (χ0v) is 18.6. The van der Waals surface area contributed by atoms with E-state index in [-0.39, 0.29) is 5.91 Å². The van der Waals surface area contributed by atoms with Crippen molar-refractivity contribution >= 4 is 11.6 Å². The molecule has 4 nitrogen and oxygen atoms in total. The number of anilines is 1. The number of carbonyl (C=O) groups excluding carboxylic acids is 1. The van der Waals surface area contributed by atoms with Gasteiger partial charge in [0.15, 0.2) is 0 Å². The predicted molar refractivity (Wildman–Crippen MR) is 120 cm³/mol. The molecule has 7 heteroatoms. The van der Waals surface area contributed by atoms with Crippen LogP contribution in [0.4, 0.5) is 18.9 Å². The van der Waals surface area contributed by atoms with Crippen LogP contribution in [0.3, 0.4) is 0 Å². The minimum atomic E-state index is -4.31. The number of hydrogen-bond acceptors (Lipinski definition) is 3. The lowest BCUT2D eigenvalue weighted by Gasteiger charge is -2.36. The molecule has 2 atom stereocenters. The first-order valence-corrected chi connectivity index (χ1v) is 11.2. The molecule has 1 heterocycles. The van der Waals surface area contributed by atoms with Gasteiger partial charge in [-0.1, -0.05) is 24.3 Å². The number of rotatable bonds is 6. The highest BCUT2D eigenvalue weighted by atomic mass is 19.4. The van der Waals surface area contributed by atoms with E-state index in [0.29, 0.717) is 24.1 Å².